The molecule has 3 aliphatic heterocycles. The Labute approximate surface area is 458 Å². The molecule has 0 aliphatic carbocycles. The Morgan fingerprint density at radius 2 is 0.870 bits per heavy atom. The smallest absolute Gasteiger partial charge is 0.220 e. The van der Waals surface area contributed by atoms with Crippen molar-refractivity contribution in [2.45, 2.75) is 272 Å². The number of carbonyl (C=O) groups is 1. The fourth-order valence-corrected chi connectivity index (χ4v) is 9.45. The van der Waals surface area contributed by atoms with Gasteiger partial charge in [-0.25, -0.2) is 0 Å². The van der Waals surface area contributed by atoms with Gasteiger partial charge < -0.3 is 89.9 Å². The SMILES string of the molecule is CCCCC/C=C\C/C=C\C/C=C\CCCCCCCCC(=O)NC(COC1OC(CO)C(OC2OC(CO)C(OC3OC(CO)C(O)C(O)C3O)C(O)C2O)C(O)C1O)C(O)/C=C/CC/C=C/CCCCCCCCC. The largest absolute Gasteiger partial charge is 0.394 e. The number of allylic oxidation sites excluding steroid dienone is 9. The van der Waals surface area contributed by atoms with E-state index in [2.05, 4.69) is 67.8 Å². The van der Waals surface area contributed by atoms with E-state index >= 15 is 0 Å². The minimum atomic E-state index is -1.98. The molecule has 0 bridgehead atoms. The van der Waals surface area contributed by atoms with Gasteiger partial charge in [0.25, 0.3) is 0 Å². The number of amides is 1. The fraction of sp³-hybridized carbons (Fsp3) is 0.810. The van der Waals surface area contributed by atoms with E-state index in [0.29, 0.717) is 12.8 Å². The van der Waals surface area contributed by atoms with E-state index in [-0.39, 0.29) is 18.9 Å². The van der Waals surface area contributed by atoms with Crippen molar-refractivity contribution in [2.75, 3.05) is 26.4 Å². The maximum absolute atomic E-state index is 13.3. The van der Waals surface area contributed by atoms with E-state index in [1.54, 1.807) is 6.08 Å². The minimum Gasteiger partial charge on any atom is -0.394 e. The van der Waals surface area contributed by atoms with Crippen LogP contribution in [0.2, 0.25) is 0 Å². The summed E-state index contributed by atoms with van der Waals surface area (Å²) < 4.78 is 34.2. The first kappa shape index (κ1) is 68.8. The number of aliphatic hydroxyl groups is 11. The first-order valence-electron chi connectivity index (χ1n) is 29.0. The van der Waals surface area contributed by atoms with Gasteiger partial charge in [0.1, 0.15) is 73.2 Å². The van der Waals surface area contributed by atoms with Crippen LogP contribution >= 0.6 is 0 Å². The van der Waals surface area contributed by atoms with Gasteiger partial charge >= 0.3 is 0 Å². The van der Waals surface area contributed by atoms with E-state index in [1.807, 2.05) is 6.08 Å². The number of rotatable bonds is 41. The third-order valence-corrected chi connectivity index (χ3v) is 14.3. The molecule has 1 amide bonds. The van der Waals surface area contributed by atoms with Crippen molar-refractivity contribution in [1.29, 1.82) is 0 Å². The molecule has 0 spiro atoms. The zero-order chi connectivity index (χ0) is 56.2. The first-order valence-corrected chi connectivity index (χ1v) is 29.0. The van der Waals surface area contributed by atoms with Crippen LogP contribution in [-0.4, -0.2) is 193 Å². The lowest BCUT2D eigenvalue weighted by molar-refractivity contribution is -0.379. The lowest BCUT2D eigenvalue weighted by Gasteiger charge is -2.48. The molecule has 3 fully saturated rings. The second kappa shape index (κ2) is 41.5. The summed E-state index contributed by atoms with van der Waals surface area (Å²) >= 11 is 0. The number of unbranched alkanes of at least 4 members (excludes halogenated alkanes) is 17. The quantitative estimate of drug-likeness (QED) is 0.0297. The molecule has 0 aromatic carbocycles. The molecule has 17 unspecified atom stereocenters. The summed E-state index contributed by atoms with van der Waals surface area (Å²) in [7, 11) is 0. The summed E-state index contributed by atoms with van der Waals surface area (Å²) in [6.07, 6.45) is 19.2. The van der Waals surface area contributed by atoms with Crippen molar-refractivity contribution in [3.63, 3.8) is 0 Å². The van der Waals surface area contributed by atoms with Gasteiger partial charge in [-0.1, -0.05) is 152 Å². The molecule has 17 atom stereocenters. The van der Waals surface area contributed by atoms with Crippen molar-refractivity contribution < 1.29 is 89.4 Å². The Kier molecular flexibility index (Phi) is 37.0. The van der Waals surface area contributed by atoms with Gasteiger partial charge in [0.15, 0.2) is 18.9 Å². The van der Waals surface area contributed by atoms with Crippen molar-refractivity contribution in [3.8, 4) is 0 Å². The van der Waals surface area contributed by atoms with Crippen molar-refractivity contribution in [2.24, 2.45) is 0 Å². The standard InChI is InChI=1S/C58H101NO18/c1-3-5-7-9-11-13-15-17-18-19-20-21-22-24-26-28-30-32-34-36-46(64)59-41(42(63)35-33-31-29-27-25-23-16-14-12-10-8-6-4-2)40-72-56-52(70)49(67)54(44(38-61)74-56)77-58-53(71)50(68)55(45(39-62)75-58)76-57-51(69)48(66)47(65)43(37-60)73-57/h11,13,17-18,20-21,25,27,33,35,41-45,47-58,60-63,65-71H,3-10,12,14-16,19,22-24,26,28-32,34,36-40H2,1-2H3,(H,59,64)/b13-11-,18-17-,21-20-,27-25+,35-33+. The van der Waals surface area contributed by atoms with Gasteiger partial charge in [0.05, 0.1) is 38.6 Å². The van der Waals surface area contributed by atoms with E-state index in [0.717, 1.165) is 77.0 Å². The van der Waals surface area contributed by atoms with Crippen molar-refractivity contribution in [1.82, 2.24) is 5.32 Å². The van der Waals surface area contributed by atoms with Gasteiger partial charge in [-0.05, 0) is 70.6 Å². The molecular weight excluding hydrogens is 999 g/mol. The summed E-state index contributed by atoms with van der Waals surface area (Å²) in [5.41, 5.74) is 0. The maximum atomic E-state index is 13.3. The van der Waals surface area contributed by atoms with Crippen molar-refractivity contribution >= 4 is 5.91 Å². The summed E-state index contributed by atoms with van der Waals surface area (Å²) in [6, 6.07) is -0.998. The van der Waals surface area contributed by atoms with Gasteiger partial charge in [-0.15, -0.1) is 0 Å². The van der Waals surface area contributed by atoms with Crippen LogP contribution in [0.15, 0.2) is 60.8 Å². The summed E-state index contributed by atoms with van der Waals surface area (Å²) in [5.74, 6) is -0.302. The van der Waals surface area contributed by atoms with Crippen LogP contribution in [0, 0.1) is 0 Å². The predicted molar refractivity (Wildman–Crippen MR) is 291 cm³/mol. The van der Waals surface area contributed by atoms with Gasteiger partial charge in [0, 0.05) is 6.42 Å². The molecule has 0 radical (unpaired) electrons. The lowest BCUT2D eigenvalue weighted by atomic mass is 9.96. The summed E-state index contributed by atoms with van der Waals surface area (Å²) in [5, 5.41) is 120. The molecule has 19 heteroatoms. The van der Waals surface area contributed by atoms with Crippen molar-refractivity contribution in [3.05, 3.63) is 60.8 Å². The maximum Gasteiger partial charge on any atom is 0.220 e. The molecule has 19 nitrogen and oxygen atoms in total. The summed E-state index contributed by atoms with van der Waals surface area (Å²) in [4.78, 5) is 13.3. The van der Waals surface area contributed by atoms with Crippen LogP contribution < -0.4 is 5.32 Å². The topological polar surface area (TPSA) is 307 Å². The molecule has 3 saturated heterocycles. The molecule has 0 aromatic rings. The minimum absolute atomic E-state index is 0.218. The van der Waals surface area contributed by atoms with Gasteiger partial charge in [-0.3, -0.25) is 4.79 Å². The Bertz CT molecular complexity index is 1650. The highest BCUT2D eigenvalue weighted by atomic mass is 16.8. The average molecular weight is 1100 g/mol. The molecule has 3 rings (SSSR count). The molecule has 446 valence electrons. The zero-order valence-corrected chi connectivity index (χ0v) is 46.2. The van der Waals surface area contributed by atoms with Crippen LogP contribution in [-0.2, 0) is 33.2 Å². The normalized spacial score (nSPS) is 31.2. The summed E-state index contributed by atoms with van der Waals surface area (Å²) in [6.45, 7) is 1.62. The van der Waals surface area contributed by atoms with Crippen LogP contribution in [0.25, 0.3) is 0 Å². The second-order valence-corrected chi connectivity index (χ2v) is 20.7. The Morgan fingerprint density at radius 1 is 0.468 bits per heavy atom. The molecule has 0 aromatic heterocycles. The molecule has 3 heterocycles. The van der Waals surface area contributed by atoms with E-state index in [9.17, 15) is 61.0 Å². The highest BCUT2D eigenvalue weighted by Gasteiger charge is 2.53. The average Bonchev–Trinajstić information content (AvgIpc) is 3.42. The van der Waals surface area contributed by atoms with Crippen LogP contribution in [0.5, 0.6) is 0 Å². The molecule has 0 saturated carbocycles. The molecule has 12 N–H and O–H groups in total. The first-order chi connectivity index (χ1) is 37.3. The highest BCUT2D eigenvalue weighted by Crippen LogP contribution is 2.33. The third-order valence-electron chi connectivity index (χ3n) is 14.3. The number of ether oxygens (including phenoxy) is 6. The number of hydrogen-bond donors (Lipinski definition) is 12. The number of hydrogen-bond acceptors (Lipinski definition) is 18. The van der Waals surface area contributed by atoms with E-state index < -0.39 is 124 Å². The fourth-order valence-electron chi connectivity index (χ4n) is 9.45. The number of nitrogens with one attached hydrogen (secondary N) is 1. The highest BCUT2D eigenvalue weighted by molar-refractivity contribution is 5.76. The van der Waals surface area contributed by atoms with Crippen LogP contribution in [0.4, 0.5) is 0 Å². The van der Waals surface area contributed by atoms with Crippen LogP contribution in [0.3, 0.4) is 0 Å². The van der Waals surface area contributed by atoms with E-state index in [4.69, 9.17) is 28.4 Å². The number of carbonyl (C=O) groups excluding carboxylic acids is 1. The second-order valence-electron chi connectivity index (χ2n) is 20.7. The number of aliphatic hydroxyl groups excluding tert-OH is 11. The monoisotopic (exact) mass is 1100 g/mol. The Balaban J connectivity index is 1.53. The Morgan fingerprint density at radius 3 is 1.42 bits per heavy atom. The Hall–Kier alpha value is -2.51. The van der Waals surface area contributed by atoms with E-state index in [1.165, 1.54) is 57.8 Å². The molecule has 77 heavy (non-hydrogen) atoms. The van der Waals surface area contributed by atoms with Gasteiger partial charge in [0.2, 0.25) is 5.91 Å². The van der Waals surface area contributed by atoms with Gasteiger partial charge in [-0.2, -0.15) is 0 Å². The molecule has 3 aliphatic rings. The lowest BCUT2D eigenvalue weighted by Crippen LogP contribution is -2.66. The third kappa shape index (κ3) is 25.9. The molecular formula is C58H101NO18. The predicted octanol–water partition coefficient (Wildman–Crippen LogP) is 4.48. The zero-order valence-electron chi connectivity index (χ0n) is 46.2. The van der Waals surface area contributed by atoms with Crippen LogP contribution in [0.1, 0.15) is 168 Å².